The van der Waals surface area contributed by atoms with Gasteiger partial charge in [0.15, 0.2) is 0 Å². The first kappa shape index (κ1) is 12.7. The minimum atomic E-state index is 0.528. The van der Waals surface area contributed by atoms with Crippen LogP contribution in [0.2, 0.25) is 5.02 Å². The number of fused-ring (bicyclic) bond motifs is 1. The SMILES string of the molecule is CC(C)N1c2ccc(Cl)cc2CC1CCCN. The summed E-state index contributed by atoms with van der Waals surface area (Å²) in [4.78, 5) is 2.52. The molecule has 1 atom stereocenters. The maximum Gasteiger partial charge on any atom is 0.0410 e. The van der Waals surface area contributed by atoms with Gasteiger partial charge in [-0.3, -0.25) is 0 Å². The maximum atomic E-state index is 6.06. The molecule has 17 heavy (non-hydrogen) atoms. The number of anilines is 1. The highest BCUT2D eigenvalue weighted by Crippen LogP contribution is 2.36. The third-order valence-electron chi connectivity index (χ3n) is 3.47. The summed E-state index contributed by atoms with van der Waals surface area (Å²) in [5.74, 6) is 0. The maximum absolute atomic E-state index is 6.06. The summed E-state index contributed by atoms with van der Waals surface area (Å²) < 4.78 is 0. The number of benzene rings is 1. The predicted molar refractivity (Wildman–Crippen MR) is 74.8 cm³/mol. The Labute approximate surface area is 109 Å². The Hall–Kier alpha value is -0.730. The molecule has 94 valence electrons. The molecule has 0 aromatic heterocycles. The Morgan fingerprint density at radius 3 is 2.88 bits per heavy atom. The van der Waals surface area contributed by atoms with Crippen molar-refractivity contribution in [1.29, 1.82) is 0 Å². The molecule has 0 fully saturated rings. The molecule has 1 aliphatic rings. The van der Waals surface area contributed by atoms with Crippen LogP contribution in [0.25, 0.3) is 0 Å². The number of hydrogen-bond acceptors (Lipinski definition) is 2. The summed E-state index contributed by atoms with van der Waals surface area (Å²) in [6.07, 6.45) is 3.37. The molecule has 1 heterocycles. The van der Waals surface area contributed by atoms with Gasteiger partial charge in [0.05, 0.1) is 0 Å². The Kier molecular flexibility index (Phi) is 3.95. The minimum absolute atomic E-state index is 0.528. The molecule has 1 aliphatic heterocycles. The van der Waals surface area contributed by atoms with E-state index in [0.29, 0.717) is 12.1 Å². The molecule has 0 saturated carbocycles. The minimum Gasteiger partial charge on any atom is -0.366 e. The van der Waals surface area contributed by atoms with E-state index in [-0.39, 0.29) is 0 Å². The van der Waals surface area contributed by atoms with Crippen LogP contribution in [0.3, 0.4) is 0 Å². The lowest BCUT2D eigenvalue weighted by atomic mass is 10.1. The van der Waals surface area contributed by atoms with Gasteiger partial charge in [0.1, 0.15) is 0 Å². The second kappa shape index (κ2) is 5.28. The Morgan fingerprint density at radius 2 is 2.24 bits per heavy atom. The van der Waals surface area contributed by atoms with Gasteiger partial charge in [0.25, 0.3) is 0 Å². The third-order valence-corrected chi connectivity index (χ3v) is 3.70. The summed E-state index contributed by atoms with van der Waals surface area (Å²) in [6, 6.07) is 7.36. The van der Waals surface area contributed by atoms with Crippen molar-refractivity contribution in [2.75, 3.05) is 11.4 Å². The van der Waals surface area contributed by atoms with Gasteiger partial charge in [-0.25, -0.2) is 0 Å². The lowest BCUT2D eigenvalue weighted by molar-refractivity contribution is 0.522. The van der Waals surface area contributed by atoms with Gasteiger partial charge in [-0.1, -0.05) is 11.6 Å². The summed E-state index contributed by atoms with van der Waals surface area (Å²) in [7, 11) is 0. The van der Waals surface area contributed by atoms with Crippen LogP contribution in [0.1, 0.15) is 32.3 Å². The fourth-order valence-corrected chi connectivity index (χ4v) is 3.01. The monoisotopic (exact) mass is 252 g/mol. The van der Waals surface area contributed by atoms with Crippen LogP contribution in [-0.4, -0.2) is 18.6 Å². The number of halogens is 1. The predicted octanol–water partition coefficient (Wildman–Crippen LogP) is 3.22. The molecule has 0 saturated heterocycles. The molecular weight excluding hydrogens is 232 g/mol. The highest BCUT2D eigenvalue weighted by molar-refractivity contribution is 6.30. The van der Waals surface area contributed by atoms with Gasteiger partial charge in [-0.2, -0.15) is 0 Å². The highest BCUT2D eigenvalue weighted by Gasteiger charge is 2.30. The fraction of sp³-hybridized carbons (Fsp3) is 0.571. The summed E-state index contributed by atoms with van der Waals surface area (Å²) >= 11 is 6.06. The van der Waals surface area contributed by atoms with E-state index in [1.54, 1.807) is 0 Å². The van der Waals surface area contributed by atoms with Crippen molar-refractivity contribution in [1.82, 2.24) is 0 Å². The molecule has 1 aromatic rings. The number of nitrogens with two attached hydrogens (primary N) is 1. The molecule has 2 nitrogen and oxygen atoms in total. The van der Waals surface area contributed by atoms with Gasteiger partial charge in [-0.15, -0.1) is 0 Å². The molecule has 0 amide bonds. The van der Waals surface area contributed by atoms with E-state index < -0.39 is 0 Å². The molecule has 0 radical (unpaired) electrons. The smallest absolute Gasteiger partial charge is 0.0410 e. The van der Waals surface area contributed by atoms with Gasteiger partial charge >= 0.3 is 0 Å². The van der Waals surface area contributed by atoms with Crippen molar-refractivity contribution in [3.05, 3.63) is 28.8 Å². The molecule has 0 aliphatic carbocycles. The van der Waals surface area contributed by atoms with Crippen molar-refractivity contribution in [2.24, 2.45) is 5.73 Å². The molecule has 1 aromatic carbocycles. The van der Waals surface area contributed by atoms with Crippen molar-refractivity contribution in [3.63, 3.8) is 0 Å². The first-order valence-electron chi connectivity index (χ1n) is 6.40. The number of nitrogens with zero attached hydrogens (tertiary/aromatic N) is 1. The van der Waals surface area contributed by atoms with E-state index >= 15 is 0 Å². The van der Waals surface area contributed by atoms with Gasteiger partial charge in [-0.05, 0) is 63.4 Å². The zero-order valence-corrected chi connectivity index (χ0v) is 11.4. The first-order chi connectivity index (χ1) is 8.13. The van der Waals surface area contributed by atoms with Crippen LogP contribution < -0.4 is 10.6 Å². The molecular formula is C14H21ClN2. The zero-order valence-electron chi connectivity index (χ0n) is 10.6. The van der Waals surface area contributed by atoms with Gasteiger partial charge < -0.3 is 10.6 Å². The highest BCUT2D eigenvalue weighted by atomic mass is 35.5. The van der Waals surface area contributed by atoms with Crippen LogP contribution in [0.15, 0.2) is 18.2 Å². The molecule has 1 unspecified atom stereocenters. The largest absolute Gasteiger partial charge is 0.366 e. The van der Waals surface area contributed by atoms with E-state index in [9.17, 15) is 0 Å². The molecule has 0 bridgehead atoms. The normalized spacial score (nSPS) is 18.9. The van der Waals surface area contributed by atoms with Gasteiger partial charge in [0, 0.05) is 22.8 Å². The van der Waals surface area contributed by atoms with E-state index in [4.69, 9.17) is 17.3 Å². The summed E-state index contributed by atoms with van der Waals surface area (Å²) in [5.41, 5.74) is 8.35. The molecule has 2 N–H and O–H groups in total. The second-order valence-corrected chi connectivity index (χ2v) is 5.50. The Bertz CT molecular complexity index is 390. The van der Waals surface area contributed by atoms with Crippen LogP contribution >= 0.6 is 11.6 Å². The molecule has 3 heteroatoms. The number of hydrogen-bond donors (Lipinski definition) is 1. The number of rotatable bonds is 4. The van der Waals surface area contributed by atoms with Crippen LogP contribution in [0, 0.1) is 0 Å². The topological polar surface area (TPSA) is 29.3 Å². The average molecular weight is 253 g/mol. The summed E-state index contributed by atoms with van der Waals surface area (Å²) in [6.45, 7) is 5.28. The lowest BCUT2D eigenvalue weighted by Gasteiger charge is -2.31. The molecule has 2 rings (SSSR count). The van der Waals surface area contributed by atoms with Crippen LogP contribution in [-0.2, 0) is 6.42 Å². The zero-order chi connectivity index (χ0) is 12.4. The van der Waals surface area contributed by atoms with E-state index in [2.05, 4.69) is 30.9 Å². The van der Waals surface area contributed by atoms with Crippen molar-refractivity contribution >= 4 is 17.3 Å². The quantitative estimate of drug-likeness (QED) is 0.892. The van der Waals surface area contributed by atoms with Crippen molar-refractivity contribution < 1.29 is 0 Å². The lowest BCUT2D eigenvalue weighted by Crippen LogP contribution is -2.38. The van der Waals surface area contributed by atoms with E-state index in [1.807, 2.05) is 6.07 Å². The third kappa shape index (κ3) is 2.58. The van der Waals surface area contributed by atoms with E-state index in [1.165, 1.54) is 17.7 Å². The van der Waals surface area contributed by atoms with Crippen molar-refractivity contribution in [2.45, 2.75) is 45.2 Å². The standard InChI is InChI=1S/C14H21ClN2/c1-10(2)17-13(4-3-7-16)9-11-8-12(15)5-6-14(11)17/h5-6,8,10,13H,3-4,7,9,16H2,1-2H3. The van der Waals surface area contributed by atoms with E-state index in [0.717, 1.165) is 24.4 Å². The first-order valence-corrected chi connectivity index (χ1v) is 6.78. The van der Waals surface area contributed by atoms with Crippen LogP contribution in [0.4, 0.5) is 5.69 Å². The molecule has 0 spiro atoms. The summed E-state index contributed by atoms with van der Waals surface area (Å²) in [5, 5.41) is 0.840. The van der Waals surface area contributed by atoms with Crippen LogP contribution in [0.5, 0.6) is 0 Å². The Balaban J connectivity index is 2.24. The average Bonchev–Trinajstić information content (AvgIpc) is 2.63. The second-order valence-electron chi connectivity index (χ2n) is 5.06. The fourth-order valence-electron chi connectivity index (χ4n) is 2.81. The van der Waals surface area contributed by atoms with Crippen molar-refractivity contribution in [3.8, 4) is 0 Å². The Morgan fingerprint density at radius 1 is 1.47 bits per heavy atom. The van der Waals surface area contributed by atoms with Gasteiger partial charge in [0.2, 0.25) is 0 Å².